The van der Waals surface area contributed by atoms with Gasteiger partial charge in [0.2, 0.25) is 5.95 Å². The molecule has 7 heteroatoms. The third-order valence-electron chi connectivity index (χ3n) is 4.09. The number of nitrogens with one attached hydrogen (secondary N) is 2. The standard InChI is InChI=1S/C18H23N5O2/c1-2-25-16-6-4-14(5-7-16)21-18(24)22-15-8-12-23(13-9-15)17-19-10-3-11-20-17/h3-7,10-11,15H,2,8-9,12-13H2,1H3,(H2,21,22,24). The first-order chi connectivity index (χ1) is 12.2. The van der Waals surface area contributed by atoms with Crippen LogP contribution >= 0.6 is 0 Å². The fourth-order valence-electron chi connectivity index (χ4n) is 2.83. The number of carbonyl (C=O) groups is 1. The maximum Gasteiger partial charge on any atom is 0.319 e. The topological polar surface area (TPSA) is 79.4 Å². The van der Waals surface area contributed by atoms with Gasteiger partial charge in [-0.05, 0) is 50.1 Å². The van der Waals surface area contributed by atoms with Gasteiger partial charge in [-0.2, -0.15) is 0 Å². The number of amides is 2. The van der Waals surface area contributed by atoms with E-state index in [1.54, 1.807) is 12.4 Å². The second-order valence-corrected chi connectivity index (χ2v) is 5.87. The number of urea groups is 1. The van der Waals surface area contributed by atoms with Crippen molar-refractivity contribution >= 4 is 17.7 Å². The van der Waals surface area contributed by atoms with Crippen molar-refractivity contribution in [3.05, 3.63) is 42.7 Å². The van der Waals surface area contributed by atoms with E-state index in [2.05, 4.69) is 25.5 Å². The monoisotopic (exact) mass is 341 g/mol. The van der Waals surface area contributed by atoms with Gasteiger partial charge >= 0.3 is 6.03 Å². The smallest absolute Gasteiger partial charge is 0.319 e. The Bertz CT molecular complexity index is 670. The minimum absolute atomic E-state index is 0.155. The predicted octanol–water partition coefficient (Wildman–Crippen LogP) is 2.67. The van der Waals surface area contributed by atoms with E-state index in [9.17, 15) is 4.79 Å². The summed E-state index contributed by atoms with van der Waals surface area (Å²) in [5, 5.41) is 5.89. The van der Waals surface area contributed by atoms with Crippen molar-refractivity contribution < 1.29 is 9.53 Å². The van der Waals surface area contributed by atoms with Crippen LogP contribution in [0.3, 0.4) is 0 Å². The highest BCUT2D eigenvalue weighted by Crippen LogP contribution is 2.17. The Morgan fingerprint density at radius 2 is 1.88 bits per heavy atom. The van der Waals surface area contributed by atoms with Crippen molar-refractivity contribution in [1.82, 2.24) is 15.3 Å². The molecule has 2 amide bonds. The first-order valence-corrected chi connectivity index (χ1v) is 8.57. The summed E-state index contributed by atoms with van der Waals surface area (Å²) in [6.07, 6.45) is 5.23. The molecule has 1 aromatic heterocycles. The molecule has 132 valence electrons. The Labute approximate surface area is 147 Å². The van der Waals surface area contributed by atoms with E-state index in [4.69, 9.17) is 4.74 Å². The van der Waals surface area contributed by atoms with Crippen molar-refractivity contribution in [2.75, 3.05) is 29.9 Å². The number of hydrogen-bond donors (Lipinski definition) is 2. The van der Waals surface area contributed by atoms with E-state index in [1.807, 2.05) is 37.3 Å². The Kier molecular flexibility index (Phi) is 5.66. The molecule has 0 radical (unpaired) electrons. The third kappa shape index (κ3) is 4.82. The zero-order valence-electron chi connectivity index (χ0n) is 14.3. The Morgan fingerprint density at radius 3 is 2.52 bits per heavy atom. The average Bonchev–Trinajstić information content (AvgIpc) is 2.65. The van der Waals surface area contributed by atoms with E-state index in [0.717, 1.165) is 43.3 Å². The molecule has 1 fully saturated rings. The summed E-state index contributed by atoms with van der Waals surface area (Å²) >= 11 is 0. The van der Waals surface area contributed by atoms with Gasteiger partial charge in [-0.1, -0.05) is 0 Å². The number of hydrogen-bond acceptors (Lipinski definition) is 5. The summed E-state index contributed by atoms with van der Waals surface area (Å²) in [4.78, 5) is 22.8. The minimum atomic E-state index is -0.182. The van der Waals surface area contributed by atoms with Gasteiger partial charge in [-0.15, -0.1) is 0 Å². The molecule has 0 bridgehead atoms. The fraction of sp³-hybridized carbons (Fsp3) is 0.389. The molecule has 1 aromatic carbocycles. The number of aromatic nitrogens is 2. The van der Waals surface area contributed by atoms with E-state index >= 15 is 0 Å². The van der Waals surface area contributed by atoms with Crippen molar-refractivity contribution in [1.29, 1.82) is 0 Å². The highest BCUT2D eigenvalue weighted by atomic mass is 16.5. The maximum atomic E-state index is 12.2. The molecule has 25 heavy (non-hydrogen) atoms. The van der Waals surface area contributed by atoms with Crippen LogP contribution in [-0.4, -0.2) is 41.7 Å². The predicted molar refractivity (Wildman–Crippen MR) is 97.0 cm³/mol. The van der Waals surface area contributed by atoms with E-state index in [1.165, 1.54) is 0 Å². The van der Waals surface area contributed by atoms with Crippen LogP contribution in [0.2, 0.25) is 0 Å². The third-order valence-corrected chi connectivity index (χ3v) is 4.09. The van der Waals surface area contributed by atoms with Gasteiger partial charge in [0.1, 0.15) is 5.75 Å². The number of nitrogens with zero attached hydrogens (tertiary/aromatic N) is 3. The number of anilines is 2. The van der Waals surface area contributed by atoms with Gasteiger partial charge in [0.15, 0.2) is 0 Å². The van der Waals surface area contributed by atoms with Gasteiger partial charge in [0, 0.05) is 37.2 Å². The van der Waals surface area contributed by atoms with Crippen LogP contribution in [0.25, 0.3) is 0 Å². The molecule has 1 saturated heterocycles. The van der Waals surface area contributed by atoms with Gasteiger partial charge in [0.25, 0.3) is 0 Å². The summed E-state index contributed by atoms with van der Waals surface area (Å²) in [5.74, 6) is 1.55. The Balaban J connectivity index is 1.44. The molecule has 7 nitrogen and oxygen atoms in total. The Hall–Kier alpha value is -2.83. The molecule has 0 spiro atoms. The van der Waals surface area contributed by atoms with E-state index in [-0.39, 0.29) is 12.1 Å². The summed E-state index contributed by atoms with van der Waals surface area (Å²) in [7, 11) is 0. The first kappa shape index (κ1) is 17.0. The molecule has 2 aromatic rings. The molecule has 0 atom stereocenters. The summed E-state index contributed by atoms with van der Waals surface area (Å²) in [6, 6.07) is 9.14. The van der Waals surface area contributed by atoms with Crippen LogP contribution in [0.1, 0.15) is 19.8 Å². The lowest BCUT2D eigenvalue weighted by molar-refractivity contribution is 0.246. The van der Waals surface area contributed by atoms with E-state index in [0.29, 0.717) is 6.61 Å². The molecule has 0 unspecified atom stereocenters. The molecule has 1 aliphatic heterocycles. The maximum absolute atomic E-state index is 12.2. The number of ether oxygens (including phenoxy) is 1. The zero-order chi connectivity index (χ0) is 17.5. The summed E-state index contributed by atoms with van der Waals surface area (Å²) < 4.78 is 5.39. The van der Waals surface area contributed by atoms with Crippen LogP contribution in [0.5, 0.6) is 5.75 Å². The highest BCUT2D eigenvalue weighted by molar-refractivity contribution is 5.89. The normalized spacial score (nSPS) is 14.8. The summed E-state index contributed by atoms with van der Waals surface area (Å²) in [5.41, 5.74) is 0.746. The van der Waals surface area contributed by atoms with E-state index < -0.39 is 0 Å². The van der Waals surface area contributed by atoms with Crippen molar-refractivity contribution in [2.24, 2.45) is 0 Å². The SMILES string of the molecule is CCOc1ccc(NC(=O)NC2CCN(c3ncccn3)CC2)cc1. The van der Waals surface area contributed by atoms with Gasteiger partial charge in [0.05, 0.1) is 6.61 Å². The number of carbonyl (C=O) groups excluding carboxylic acids is 1. The van der Waals surface area contributed by atoms with Crippen LogP contribution < -0.4 is 20.3 Å². The lowest BCUT2D eigenvalue weighted by Crippen LogP contribution is -2.46. The fourth-order valence-corrected chi connectivity index (χ4v) is 2.83. The average molecular weight is 341 g/mol. The second kappa shape index (κ2) is 8.32. The van der Waals surface area contributed by atoms with Crippen LogP contribution in [0.4, 0.5) is 16.4 Å². The lowest BCUT2D eigenvalue weighted by Gasteiger charge is -2.32. The minimum Gasteiger partial charge on any atom is -0.494 e. The number of benzene rings is 1. The van der Waals surface area contributed by atoms with Crippen molar-refractivity contribution in [3.63, 3.8) is 0 Å². The molecule has 0 saturated carbocycles. The zero-order valence-corrected chi connectivity index (χ0v) is 14.3. The highest BCUT2D eigenvalue weighted by Gasteiger charge is 2.22. The quantitative estimate of drug-likeness (QED) is 0.874. The van der Waals surface area contributed by atoms with Crippen LogP contribution in [0, 0.1) is 0 Å². The van der Waals surface area contributed by atoms with Gasteiger partial charge < -0.3 is 20.3 Å². The molecule has 1 aliphatic rings. The summed E-state index contributed by atoms with van der Waals surface area (Å²) in [6.45, 7) is 4.23. The largest absolute Gasteiger partial charge is 0.494 e. The van der Waals surface area contributed by atoms with Gasteiger partial charge in [-0.3, -0.25) is 0 Å². The van der Waals surface area contributed by atoms with Crippen LogP contribution in [0.15, 0.2) is 42.7 Å². The van der Waals surface area contributed by atoms with Crippen molar-refractivity contribution in [3.8, 4) is 5.75 Å². The molecule has 2 heterocycles. The first-order valence-electron chi connectivity index (χ1n) is 8.57. The Morgan fingerprint density at radius 1 is 1.20 bits per heavy atom. The number of piperidine rings is 1. The number of rotatable bonds is 5. The second-order valence-electron chi connectivity index (χ2n) is 5.87. The van der Waals surface area contributed by atoms with Crippen LogP contribution in [-0.2, 0) is 0 Å². The molecule has 0 aliphatic carbocycles. The van der Waals surface area contributed by atoms with Crippen molar-refractivity contribution in [2.45, 2.75) is 25.8 Å². The van der Waals surface area contributed by atoms with Gasteiger partial charge in [-0.25, -0.2) is 14.8 Å². The molecule has 3 rings (SSSR count). The molecule has 2 N–H and O–H groups in total. The lowest BCUT2D eigenvalue weighted by atomic mass is 10.1. The molecular weight excluding hydrogens is 318 g/mol. The molecular formula is C18H23N5O2.